The third-order valence-electron chi connectivity index (χ3n) is 6.78. The zero-order chi connectivity index (χ0) is 21.7. The highest BCUT2D eigenvalue weighted by Crippen LogP contribution is 2.42. The molecule has 1 aliphatic heterocycles. The first-order chi connectivity index (χ1) is 15.6. The van der Waals surface area contributed by atoms with Gasteiger partial charge < -0.3 is 9.30 Å². The van der Waals surface area contributed by atoms with Crippen LogP contribution in [0.25, 0.3) is 16.7 Å². The van der Waals surface area contributed by atoms with Crippen molar-refractivity contribution in [1.29, 1.82) is 0 Å². The molecule has 5 heterocycles. The highest BCUT2D eigenvalue weighted by atomic mass is 15.3. The Balaban J connectivity index is 1.41. The van der Waals surface area contributed by atoms with Crippen molar-refractivity contribution in [3.8, 4) is 0 Å². The van der Waals surface area contributed by atoms with Gasteiger partial charge in [0.1, 0.15) is 17.3 Å². The largest absolute Gasteiger partial charge is 0.356 e. The topological polar surface area (TPSA) is 64.1 Å². The van der Waals surface area contributed by atoms with Crippen molar-refractivity contribution in [3.63, 3.8) is 0 Å². The van der Waals surface area contributed by atoms with Gasteiger partial charge in [-0.3, -0.25) is 4.68 Å². The summed E-state index contributed by atoms with van der Waals surface area (Å²) in [5.74, 6) is 1.76. The Morgan fingerprint density at radius 2 is 1.69 bits per heavy atom. The van der Waals surface area contributed by atoms with Crippen LogP contribution in [0.1, 0.15) is 29.9 Å². The quantitative estimate of drug-likeness (QED) is 0.440. The zero-order valence-electron chi connectivity index (χ0n) is 18.3. The van der Waals surface area contributed by atoms with Crippen LogP contribution < -0.4 is 4.90 Å². The van der Waals surface area contributed by atoms with Crippen LogP contribution in [0.4, 0.5) is 5.82 Å². The molecule has 0 amide bonds. The molecule has 0 N–H and O–H groups in total. The predicted octanol–water partition coefficient (Wildman–Crippen LogP) is 3.91. The van der Waals surface area contributed by atoms with Crippen molar-refractivity contribution in [2.45, 2.75) is 25.2 Å². The standard InChI is InChI=1S/C25H25N7/c1-18-27-23-20(16-26-30(23)2)24(28-18)31-14-11-25(12-15-31,19-8-4-3-5-9-19)21-17-32-13-7-6-10-22(32)29-21/h3-10,13,16-17H,11-12,14-15H2,1-2H3. The van der Waals surface area contributed by atoms with Crippen molar-refractivity contribution in [3.05, 3.63) is 84.2 Å². The van der Waals surface area contributed by atoms with E-state index < -0.39 is 0 Å². The summed E-state index contributed by atoms with van der Waals surface area (Å²) in [7, 11) is 1.93. The van der Waals surface area contributed by atoms with E-state index in [2.05, 4.69) is 68.2 Å². The third-order valence-corrected chi connectivity index (χ3v) is 6.78. The Morgan fingerprint density at radius 1 is 0.906 bits per heavy atom. The lowest BCUT2D eigenvalue weighted by atomic mass is 9.70. The Labute approximate surface area is 186 Å². The second-order valence-corrected chi connectivity index (χ2v) is 8.63. The Hall–Kier alpha value is -3.74. The van der Waals surface area contributed by atoms with Gasteiger partial charge in [0.15, 0.2) is 5.65 Å². The molecule has 160 valence electrons. The van der Waals surface area contributed by atoms with Gasteiger partial charge in [0.25, 0.3) is 0 Å². The number of fused-ring (bicyclic) bond motifs is 2. The maximum Gasteiger partial charge on any atom is 0.163 e. The molecule has 0 saturated carbocycles. The minimum Gasteiger partial charge on any atom is -0.356 e. The van der Waals surface area contributed by atoms with Crippen LogP contribution in [0, 0.1) is 6.92 Å². The van der Waals surface area contributed by atoms with Gasteiger partial charge in [-0.15, -0.1) is 0 Å². The van der Waals surface area contributed by atoms with Gasteiger partial charge >= 0.3 is 0 Å². The number of rotatable bonds is 3. The molecular weight excluding hydrogens is 398 g/mol. The van der Waals surface area contributed by atoms with E-state index in [4.69, 9.17) is 9.97 Å². The fraction of sp³-hybridized carbons (Fsp3) is 0.280. The van der Waals surface area contributed by atoms with Crippen LogP contribution in [0.2, 0.25) is 0 Å². The molecule has 1 aliphatic rings. The summed E-state index contributed by atoms with van der Waals surface area (Å²) >= 11 is 0. The highest BCUT2D eigenvalue weighted by molar-refractivity contribution is 5.87. The minimum atomic E-state index is -0.125. The lowest BCUT2D eigenvalue weighted by Crippen LogP contribution is -2.44. The van der Waals surface area contributed by atoms with Crippen molar-refractivity contribution in [1.82, 2.24) is 29.1 Å². The number of pyridine rings is 1. The lowest BCUT2D eigenvalue weighted by molar-refractivity contribution is 0.384. The van der Waals surface area contributed by atoms with Crippen molar-refractivity contribution < 1.29 is 0 Å². The summed E-state index contributed by atoms with van der Waals surface area (Å²) in [5.41, 5.74) is 4.21. The van der Waals surface area contributed by atoms with Gasteiger partial charge in [-0.1, -0.05) is 36.4 Å². The van der Waals surface area contributed by atoms with Crippen LogP contribution in [-0.4, -0.2) is 42.2 Å². The van der Waals surface area contributed by atoms with Crippen LogP contribution in [0.15, 0.2) is 67.1 Å². The molecule has 4 aromatic heterocycles. The second-order valence-electron chi connectivity index (χ2n) is 8.63. The smallest absolute Gasteiger partial charge is 0.163 e. The van der Waals surface area contributed by atoms with Crippen molar-refractivity contribution in [2.24, 2.45) is 7.05 Å². The average Bonchev–Trinajstić information content (AvgIpc) is 3.43. The number of hydrogen-bond acceptors (Lipinski definition) is 5. The van der Waals surface area contributed by atoms with E-state index in [1.54, 1.807) is 0 Å². The average molecular weight is 424 g/mol. The van der Waals surface area contributed by atoms with E-state index in [0.29, 0.717) is 0 Å². The summed E-state index contributed by atoms with van der Waals surface area (Å²) in [6, 6.07) is 17.0. The second kappa shape index (κ2) is 7.15. The van der Waals surface area contributed by atoms with E-state index in [1.165, 1.54) is 5.56 Å². The van der Waals surface area contributed by atoms with Gasteiger partial charge in [-0.2, -0.15) is 5.10 Å². The van der Waals surface area contributed by atoms with Gasteiger partial charge in [0, 0.05) is 37.9 Å². The minimum absolute atomic E-state index is 0.125. The summed E-state index contributed by atoms with van der Waals surface area (Å²) in [6.07, 6.45) is 8.08. The molecule has 0 aliphatic carbocycles. The Kier molecular flexibility index (Phi) is 4.24. The van der Waals surface area contributed by atoms with Crippen molar-refractivity contribution in [2.75, 3.05) is 18.0 Å². The molecule has 0 spiro atoms. The van der Waals surface area contributed by atoms with Crippen LogP contribution in [0.3, 0.4) is 0 Å². The predicted molar refractivity (Wildman–Crippen MR) is 125 cm³/mol. The molecule has 1 saturated heterocycles. The number of imidazole rings is 1. The van der Waals surface area contributed by atoms with Crippen LogP contribution >= 0.6 is 0 Å². The lowest BCUT2D eigenvalue weighted by Gasteiger charge is -2.42. The number of nitrogens with zero attached hydrogens (tertiary/aromatic N) is 7. The fourth-order valence-electron chi connectivity index (χ4n) is 5.07. The number of anilines is 1. The molecule has 5 aromatic rings. The summed E-state index contributed by atoms with van der Waals surface area (Å²) in [6.45, 7) is 3.73. The van der Waals surface area contributed by atoms with E-state index in [1.807, 2.05) is 37.0 Å². The number of aryl methyl sites for hydroxylation is 2. The molecule has 0 radical (unpaired) electrons. The highest BCUT2D eigenvalue weighted by Gasteiger charge is 2.40. The van der Waals surface area contributed by atoms with Gasteiger partial charge in [-0.25, -0.2) is 15.0 Å². The molecule has 1 fully saturated rings. The van der Waals surface area contributed by atoms with Crippen LogP contribution in [-0.2, 0) is 12.5 Å². The van der Waals surface area contributed by atoms with Gasteiger partial charge in [0.2, 0.25) is 0 Å². The number of aromatic nitrogens is 6. The molecular formula is C25H25N7. The molecule has 6 rings (SSSR count). The number of hydrogen-bond donors (Lipinski definition) is 0. The monoisotopic (exact) mass is 423 g/mol. The normalized spacial score (nSPS) is 16.1. The van der Waals surface area contributed by atoms with E-state index in [9.17, 15) is 0 Å². The van der Waals surface area contributed by atoms with Gasteiger partial charge in [-0.05, 0) is 37.5 Å². The SMILES string of the molecule is Cc1nc(N2CCC(c3ccccc3)(c3cn4ccccc4n3)CC2)c2cnn(C)c2n1. The molecule has 0 unspecified atom stereocenters. The van der Waals surface area contributed by atoms with E-state index in [0.717, 1.165) is 59.9 Å². The molecule has 0 atom stereocenters. The zero-order valence-corrected chi connectivity index (χ0v) is 18.3. The molecule has 32 heavy (non-hydrogen) atoms. The summed E-state index contributed by atoms with van der Waals surface area (Å²) < 4.78 is 3.95. The summed E-state index contributed by atoms with van der Waals surface area (Å²) in [5, 5.41) is 5.43. The molecule has 7 heteroatoms. The first-order valence-corrected chi connectivity index (χ1v) is 11.1. The van der Waals surface area contributed by atoms with Crippen LogP contribution in [0.5, 0.6) is 0 Å². The molecule has 0 bridgehead atoms. The first-order valence-electron chi connectivity index (χ1n) is 11.1. The Morgan fingerprint density at radius 3 is 2.47 bits per heavy atom. The van der Waals surface area contributed by atoms with Gasteiger partial charge in [0.05, 0.1) is 17.3 Å². The molecule has 1 aromatic carbocycles. The van der Waals surface area contributed by atoms with E-state index >= 15 is 0 Å². The van der Waals surface area contributed by atoms with Crippen molar-refractivity contribution >= 4 is 22.5 Å². The molecule has 7 nitrogen and oxygen atoms in total. The summed E-state index contributed by atoms with van der Waals surface area (Å²) in [4.78, 5) is 16.8. The maximum atomic E-state index is 5.06. The maximum absolute atomic E-state index is 5.06. The fourth-order valence-corrected chi connectivity index (χ4v) is 5.07. The number of benzene rings is 1. The third kappa shape index (κ3) is 2.88. The van der Waals surface area contributed by atoms with E-state index in [-0.39, 0.29) is 5.41 Å². The number of piperidine rings is 1. The first kappa shape index (κ1) is 19.0. The Bertz CT molecular complexity index is 1380.